The number of nitro groups is 1. The van der Waals surface area contributed by atoms with Crippen LogP contribution in [0.2, 0.25) is 0 Å². The number of aromatic nitrogens is 2. The molecule has 0 aromatic carbocycles. The van der Waals surface area contributed by atoms with Crippen LogP contribution < -0.4 is 11.1 Å². The van der Waals surface area contributed by atoms with Gasteiger partial charge >= 0.3 is 0 Å². The number of hydrogen-bond donors (Lipinski definition) is 2. The Kier molecular flexibility index (Phi) is 3.56. The van der Waals surface area contributed by atoms with E-state index in [-0.39, 0.29) is 11.4 Å². The maximum Gasteiger partial charge on any atom is 0.300 e. The number of carbonyl (C=O) groups is 1. The molecule has 8 heteroatoms. The van der Waals surface area contributed by atoms with E-state index in [0.29, 0.717) is 5.69 Å². The van der Waals surface area contributed by atoms with Crippen LogP contribution in [0.1, 0.15) is 15.9 Å². The molecule has 0 unspecified atom stereocenters. The zero-order chi connectivity index (χ0) is 14.7. The fourth-order valence-corrected chi connectivity index (χ4v) is 1.59. The van der Waals surface area contributed by atoms with Crippen LogP contribution in [-0.4, -0.2) is 20.8 Å². The van der Waals surface area contributed by atoms with E-state index in [1.54, 1.807) is 19.2 Å². The average molecular weight is 273 g/mol. The third-order valence-corrected chi connectivity index (χ3v) is 2.61. The molecule has 2 heterocycles. The Labute approximate surface area is 113 Å². The van der Waals surface area contributed by atoms with Gasteiger partial charge in [-0.1, -0.05) is 0 Å². The topological polar surface area (TPSA) is 124 Å². The lowest BCUT2D eigenvalue weighted by Crippen LogP contribution is -2.15. The van der Waals surface area contributed by atoms with Gasteiger partial charge in [0.05, 0.1) is 4.92 Å². The van der Waals surface area contributed by atoms with Crippen LogP contribution in [0, 0.1) is 17.0 Å². The van der Waals surface area contributed by atoms with Crippen molar-refractivity contribution in [3.63, 3.8) is 0 Å². The number of nitrogen functional groups attached to an aromatic ring is 1. The molecular weight excluding hydrogens is 262 g/mol. The van der Waals surface area contributed by atoms with Gasteiger partial charge in [0.15, 0.2) is 0 Å². The highest BCUT2D eigenvalue weighted by molar-refractivity contribution is 6.07. The van der Waals surface area contributed by atoms with E-state index in [1.165, 1.54) is 12.3 Å². The number of amides is 1. The summed E-state index contributed by atoms with van der Waals surface area (Å²) < 4.78 is 0. The molecule has 2 aromatic heterocycles. The van der Waals surface area contributed by atoms with Crippen molar-refractivity contribution in [1.29, 1.82) is 0 Å². The molecule has 0 aliphatic heterocycles. The third kappa shape index (κ3) is 2.69. The molecule has 0 saturated heterocycles. The number of aryl methyl sites for hydroxylation is 1. The Morgan fingerprint density at radius 3 is 2.85 bits per heavy atom. The second kappa shape index (κ2) is 5.31. The first kappa shape index (κ1) is 13.4. The van der Waals surface area contributed by atoms with Crippen molar-refractivity contribution in [2.75, 3.05) is 11.1 Å². The van der Waals surface area contributed by atoms with Crippen LogP contribution in [0.25, 0.3) is 0 Å². The first-order chi connectivity index (χ1) is 9.49. The molecule has 0 radical (unpaired) electrons. The van der Waals surface area contributed by atoms with E-state index in [0.717, 1.165) is 11.8 Å². The minimum Gasteiger partial charge on any atom is -0.384 e. The summed E-state index contributed by atoms with van der Waals surface area (Å²) in [7, 11) is 0. The predicted molar refractivity (Wildman–Crippen MR) is 72.2 cm³/mol. The second-order valence-electron chi connectivity index (χ2n) is 4.03. The van der Waals surface area contributed by atoms with Crippen LogP contribution in [0.15, 0.2) is 30.7 Å². The number of hydrogen-bond acceptors (Lipinski definition) is 6. The molecule has 0 saturated carbocycles. The normalized spacial score (nSPS) is 10.1. The van der Waals surface area contributed by atoms with Crippen LogP contribution in [0.4, 0.5) is 17.2 Å². The van der Waals surface area contributed by atoms with E-state index in [1.807, 2.05) is 0 Å². The number of rotatable bonds is 3. The van der Waals surface area contributed by atoms with Crippen molar-refractivity contribution in [2.24, 2.45) is 0 Å². The largest absolute Gasteiger partial charge is 0.384 e. The standard InChI is InChI=1S/C12H11N5O3/c1-7-5-14-3-2-9(7)16-12(18)8-4-11(13)15-6-10(8)17(19)20/h2-6H,1H3,(H2,13,15)(H,14,16,18). The lowest BCUT2D eigenvalue weighted by molar-refractivity contribution is -0.385. The molecule has 2 aromatic rings. The quantitative estimate of drug-likeness (QED) is 0.645. The van der Waals surface area contributed by atoms with Crippen molar-refractivity contribution in [3.05, 3.63) is 52.0 Å². The van der Waals surface area contributed by atoms with Crippen molar-refractivity contribution in [1.82, 2.24) is 9.97 Å². The predicted octanol–water partition coefficient (Wildman–Crippen LogP) is 1.53. The Bertz CT molecular complexity index is 687. The minimum atomic E-state index is -0.680. The summed E-state index contributed by atoms with van der Waals surface area (Å²) in [4.78, 5) is 29.8. The summed E-state index contributed by atoms with van der Waals surface area (Å²) in [6.45, 7) is 1.76. The number of nitrogens with zero attached hydrogens (tertiary/aromatic N) is 3. The highest BCUT2D eigenvalue weighted by atomic mass is 16.6. The van der Waals surface area contributed by atoms with Gasteiger partial charge in [0.1, 0.15) is 17.6 Å². The molecule has 0 spiro atoms. The van der Waals surface area contributed by atoms with Gasteiger partial charge in [-0.2, -0.15) is 0 Å². The van der Waals surface area contributed by atoms with Crippen LogP contribution in [0.3, 0.4) is 0 Å². The van der Waals surface area contributed by atoms with Gasteiger partial charge in [-0.3, -0.25) is 19.9 Å². The Hall–Kier alpha value is -3.03. The van der Waals surface area contributed by atoms with Crippen molar-refractivity contribution in [3.8, 4) is 0 Å². The van der Waals surface area contributed by atoms with E-state index in [9.17, 15) is 14.9 Å². The van der Waals surface area contributed by atoms with Crippen molar-refractivity contribution in [2.45, 2.75) is 6.92 Å². The molecule has 0 aliphatic rings. The van der Waals surface area contributed by atoms with Gasteiger partial charge in [0, 0.05) is 18.1 Å². The van der Waals surface area contributed by atoms with Gasteiger partial charge < -0.3 is 11.1 Å². The van der Waals surface area contributed by atoms with Gasteiger partial charge in [0.2, 0.25) is 0 Å². The number of nitrogens with one attached hydrogen (secondary N) is 1. The van der Waals surface area contributed by atoms with Crippen molar-refractivity contribution >= 4 is 23.1 Å². The molecule has 8 nitrogen and oxygen atoms in total. The Morgan fingerprint density at radius 2 is 2.20 bits per heavy atom. The summed E-state index contributed by atoms with van der Waals surface area (Å²) in [6.07, 6.45) is 4.05. The van der Waals surface area contributed by atoms with Crippen LogP contribution >= 0.6 is 0 Å². The number of anilines is 2. The highest BCUT2D eigenvalue weighted by Crippen LogP contribution is 2.21. The van der Waals surface area contributed by atoms with E-state index in [2.05, 4.69) is 15.3 Å². The average Bonchev–Trinajstić information content (AvgIpc) is 2.40. The van der Waals surface area contributed by atoms with Crippen LogP contribution in [-0.2, 0) is 0 Å². The number of carbonyl (C=O) groups excluding carboxylic acids is 1. The zero-order valence-corrected chi connectivity index (χ0v) is 10.5. The van der Waals surface area contributed by atoms with E-state index >= 15 is 0 Å². The molecule has 20 heavy (non-hydrogen) atoms. The fourth-order valence-electron chi connectivity index (χ4n) is 1.59. The SMILES string of the molecule is Cc1cnccc1NC(=O)c1cc(N)ncc1[N+](=O)[O-]. The smallest absolute Gasteiger partial charge is 0.300 e. The molecule has 1 amide bonds. The van der Waals surface area contributed by atoms with Gasteiger partial charge in [-0.25, -0.2) is 4.98 Å². The van der Waals surface area contributed by atoms with E-state index in [4.69, 9.17) is 5.73 Å². The molecule has 0 fully saturated rings. The number of nitrogens with two attached hydrogens (primary N) is 1. The highest BCUT2D eigenvalue weighted by Gasteiger charge is 2.21. The first-order valence-corrected chi connectivity index (χ1v) is 5.61. The zero-order valence-electron chi connectivity index (χ0n) is 10.5. The lowest BCUT2D eigenvalue weighted by atomic mass is 10.2. The molecule has 0 aliphatic carbocycles. The number of pyridine rings is 2. The maximum atomic E-state index is 12.1. The molecule has 0 bridgehead atoms. The summed E-state index contributed by atoms with van der Waals surface area (Å²) in [5.41, 5.74) is 6.19. The fraction of sp³-hybridized carbons (Fsp3) is 0.0833. The lowest BCUT2D eigenvalue weighted by Gasteiger charge is -2.08. The summed E-state index contributed by atoms with van der Waals surface area (Å²) in [5, 5.41) is 13.5. The molecule has 0 atom stereocenters. The summed E-state index contributed by atoms with van der Waals surface area (Å²) >= 11 is 0. The first-order valence-electron chi connectivity index (χ1n) is 5.61. The van der Waals surface area contributed by atoms with Gasteiger partial charge in [-0.15, -0.1) is 0 Å². The van der Waals surface area contributed by atoms with Gasteiger partial charge in [0.25, 0.3) is 11.6 Å². The molecular formula is C12H11N5O3. The minimum absolute atomic E-state index is 0.0344. The summed E-state index contributed by atoms with van der Waals surface area (Å²) in [6, 6.07) is 2.77. The molecule has 2 rings (SSSR count). The monoisotopic (exact) mass is 273 g/mol. The van der Waals surface area contributed by atoms with Crippen LogP contribution in [0.5, 0.6) is 0 Å². The van der Waals surface area contributed by atoms with Crippen molar-refractivity contribution < 1.29 is 9.72 Å². The van der Waals surface area contributed by atoms with E-state index < -0.39 is 16.5 Å². The second-order valence-corrected chi connectivity index (χ2v) is 4.03. The Morgan fingerprint density at radius 1 is 1.45 bits per heavy atom. The maximum absolute atomic E-state index is 12.1. The van der Waals surface area contributed by atoms with Gasteiger partial charge in [-0.05, 0) is 24.6 Å². The summed E-state index contributed by atoms with van der Waals surface area (Å²) in [5.74, 6) is -0.590. The molecule has 102 valence electrons. The third-order valence-electron chi connectivity index (χ3n) is 2.61. The molecule has 3 N–H and O–H groups in total. The Balaban J connectivity index is 2.37.